The lowest BCUT2D eigenvalue weighted by atomic mass is 9.71. The number of anilines is 1. The minimum Gasteiger partial charge on any atom is -0.370 e. The minimum atomic E-state index is -0.891. The van der Waals surface area contributed by atoms with Crippen LogP contribution >= 0.6 is 0 Å². The Morgan fingerprint density at radius 3 is 2.42 bits per heavy atom. The number of hydrogen-bond acceptors (Lipinski definition) is 5. The van der Waals surface area contributed by atoms with Crippen molar-refractivity contribution in [1.29, 1.82) is 0 Å². The summed E-state index contributed by atoms with van der Waals surface area (Å²) in [7, 11) is 1.62. The average molecular weight is 429 g/mol. The standard InChI is InChI=1S/C22H28FN5O3/c1-26-19-15(27-12-8-22(9-13-27)6-10-24-11-7-22)3-2-14(23)18(19)28(21(26)31)16-4-5-17(29)25-20(16)30/h2-3,16,24H,4-13H2,1H3,(H,25,29,30)/t16-/m1/s1. The van der Waals surface area contributed by atoms with Crippen LogP contribution in [-0.2, 0) is 16.6 Å². The van der Waals surface area contributed by atoms with Gasteiger partial charge in [-0.05, 0) is 62.7 Å². The van der Waals surface area contributed by atoms with Gasteiger partial charge in [-0.25, -0.2) is 9.18 Å². The Morgan fingerprint density at radius 2 is 1.74 bits per heavy atom. The molecule has 31 heavy (non-hydrogen) atoms. The number of piperidine rings is 3. The maximum atomic E-state index is 15.0. The van der Waals surface area contributed by atoms with Crippen LogP contribution in [0.1, 0.15) is 44.6 Å². The lowest BCUT2D eigenvalue weighted by Gasteiger charge is -2.45. The van der Waals surface area contributed by atoms with Crippen LogP contribution in [0.4, 0.5) is 10.1 Å². The second-order valence-corrected chi connectivity index (χ2v) is 9.18. The van der Waals surface area contributed by atoms with Crippen molar-refractivity contribution in [3.05, 3.63) is 28.4 Å². The van der Waals surface area contributed by atoms with Gasteiger partial charge in [-0.2, -0.15) is 0 Å². The second kappa shape index (κ2) is 7.47. The molecule has 3 saturated heterocycles. The zero-order chi connectivity index (χ0) is 21.8. The molecule has 3 aliphatic rings. The summed E-state index contributed by atoms with van der Waals surface area (Å²) in [6.07, 6.45) is 4.84. The van der Waals surface area contributed by atoms with Gasteiger partial charge in [0.1, 0.15) is 17.4 Å². The normalized spacial score (nSPS) is 24.1. The van der Waals surface area contributed by atoms with E-state index in [1.54, 1.807) is 13.1 Å². The molecule has 0 radical (unpaired) electrons. The number of aryl methyl sites for hydroxylation is 1. The molecule has 1 aromatic heterocycles. The van der Waals surface area contributed by atoms with Gasteiger partial charge in [-0.1, -0.05) is 0 Å². The first kappa shape index (κ1) is 20.2. The van der Waals surface area contributed by atoms with E-state index in [9.17, 15) is 14.4 Å². The maximum Gasteiger partial charge on any atom is 0.329 e. The zero-order valence-electron chi connectivity index (χ0n) is 17.7. The monoisotopic (exact) mass is 429 g/mol. The highest BCUT2D eigenvalue weighted by molar-refractivity contribution is 6.00. The Labute approximate surface area is 179 Å². The zero-order valence-corrected chi connectivity index (χ0v) is 17.7. The molecule has 1 atom stereocenters. The van der Waals surface area contributed by atoms with E-state index in [-0.39, 0.29) is 24.3 Å². The summed E-state index contributed by atoms with van der Waals surface area (Å²) in [5.41, 5.74) is 1.41. The van der Waals surface area contributed by atoms with Gasteiger partial charge in [0.2, 0.25) is 11.8 Å². The number of carbonyl (C=O) groups excluding carboxylic acids is 2. The van der Waals surface area contributed by atoms with Crippen LogP contribution in [0.2, 0.25) is 0 Å². The van der Waals surface area contributed by atoms with Crippen LogP contribution in [-0.4, -0.2) is 47.1 Å². The largest absolute Gasteiger partial charge is 0.370 e. The molecule has 9 heteroatoms. The quantitative estimate of drug-likeness (QED) is 0.705. The molecule has 3 aliphatic heterocycles. The highest BCUT2D eigenvalue weighted by atomic mass is 19.1. The summed E-state index contributed by atoms with van der Waals surface area (Å²) in [6.45, 7) is 3.84. The van der Waals surface area contributed by atoms with Crippen molar-refractivity contribution in [3.8, 4) is 0 Å². The third kappa shape index (κ3) is 3.26. The number of rotatable bonds is 2. The van der Waals surface area contributed by atoms with Crippen molar-refractivity contribution >= 4 is 28.5 Å². The van der Waals surface area contributed by atoms with E-state index in [0.717, 1.165) is 44.7 Å². The first-order valence-electron chi connectivity index (χ1n) is 11.1. The van der Waals surface area contributed by atoms with Crippen molar-refractivity contribution in [2.75, 3.05) is 31.1 Å². The van der Waals surface area contributed by atoms with Crippen molar-refractivity contribution in [1.82, 2.24) is 19.8 Å². The summed E-state index contributed by atoms with van der Waals surface area (Å²) in [6, 6.07) is 2.23. The predicted molar refractivity (Wildman–Crippen MR) is 115 cm³/mol. The van der Waals surface area contributed by atoms with Crippen molar-refractivity contribution < 1.29 is 14.0 Å². The number of fused-ring (bicyclic) bond motifs is 1. The topological polar surface area (TPSA) is 88.4 Å². The van der Waals surface area contributed by atoms with Crippen LogP contribution < -0.4 is 21.2 Å². The molecule has 4 heterocycles. The molecule has 166 valence electrons. The van der Waals surface area contributed by atoms with Crippen LogP contribution in [0.3, 0.4) is 0 Å². The first-order valence-corrected chi connectivity index (χ1v) is 11.1. The van der Waals surface area contributed by atoms with Crippen LogP contribution in [0.15, 0.2) is 16.9 Å². The lowest BCUT2D eigenvalue weighted by molar-refractivity contribution is -0.135. The average Bonchev–Trinajstić information content (AvgIpc) is 3.02. The number of halogens is 1. The van der Waals surface area contributed by atoms with Gasteiger partial charge in [-0.3, -0.25) is 24.0 Å². The second-order valence-electron chi connectivity index (χ2n) is 9.18. The van der Waals surface area contributed by atoms with Crippen molar-refractivity contribution in [2.24, 2.45) is 12.5 Å². The number of nitrogens with one attached hydrogen (secondary N) is 2. The summed E-state index contributed by atoms with van der Waals surface area (Å²) in [4.78, 5) is 39.3. The SMILES string of the molecule is Cn1c(=O)n([C@@H]2CCC(=O)NC2=O)c2c(F)ccc(N3CCC4(CCNCC4)CC3)c21. The molecule has 0 bridgehead atoms. The molecular formula is C22H28FN5O3. The number of imidazole rings is 1. The summed E-state index contributed by atoms with van der Waals surface area (Å²) in [5.74, 6) is -1.45. The number of benzene rings is 1. The molecule has 2 amide bonds. The number of amides is 2. The number of aromatic nitrogens is 2. The molecule has 3 fully saturated rings. The fourth-order valence-electron chi connectivity index (χ4n) is 5.61. The summed E-state index contributed by atoms with van der Waals surface area (Å²) < 4.78 is 17.7. The first-order chi connectivity index (χ1) is 14.9. The van der Waals surface area contributed by atoms with Gasteiger partial charge >= 0.3 is 5.69 Å². The van der Waals surface area contributed by atoms with E-state index >= 15 is 4.39 Å². The molecule has 5 rings (SSSR count). The number of hydrogen-bond donors (Lipinski definition) is 2. The van der Waals surface area contributed by atoms with Crippen LogP contribution in [0, 0.1) is 11.2 Å². The third-order valence-electron chi connectivity index (χ3n) is 7.50. The smallest absolute Gasteiger partial charge is 0.329 e. The van der Waals surface area contributed by atoms with E-state index in [1.165, 1.54) is 28.0 Å². The van der Waals surface area contributed by atoms with Gasteiger partial charge in [0.15, 0.2) is 0 Å². The van der Waals surface area contributed by atoms with Crippen LogP contribution in [0.25, 0.3) is 11.0 Å². The Morgan fingerprint density at radius 1 is 1.03 bits per heavy atom. The molecule has 0 saturated carbocycles. The summed E-state index contributed by atoms with van der Waals surface area (Å²) >= 11 is 0. The highest BCUT2D eigenvalue weighted by Gasteiger charge is 2.37. The fraction of sp³-hybridized carbons (Fsp3) is 0.591. The maximum absolute atomic E-state index is 15.0. The molecule has 8 nitrogen and oxygen atoms in total. The molecule has 2 aromatic rings. The van der Waals surface area contributed by atoms with Crippen molar-refractivity contribution in [2.45, 2.75) is 44.6 Å². The Kier molecular flexibility index (Phi) is 4.88. The fourth-order valence-corrected chi connectivity index (χ4v) is 5.61. The lowest BCUT2D eigenvalue weighted by Crippen LogP contribution is -2.45. The number of imide groups is 1. The third-order valence-corrected chi connectivity index (χ3v) is 7.50. The number of nitrogens with zero attached hydrogens (tertiary/aromatic N) is 3. The Balaban J connectivity index is 1.54. The highest BCUT2D eigenvalue weighted by Crippen LogP contribution is 2.42. The van der Waals surface area contributed by atoms with E-state index in [1.807, 2.05) is 0 Å². The van der Waals surface area contributed by atoms with Gasteiger partial charge in [0, 0.05) is 26.6 Å². The van der Waals surface area contributed by atoms with Gasteiger partial charge in [-0.15, -0.1) is 0 Å². The molecule has 1 aromatic carbocycles. The van der Waals surface area contributed by atoms with Gasteiger partial charge in [0.05, 0.1) is 11.2 Å². The van der Waals surface area contributed by atoms with Gasteiger partial charge in [0.25, 0.3) is 0 Å². The summed E-state index contributed by atoms with van der Waals surface area (Å²) in [5, 5.41) is 5.71. The van der Waals surface area contributed by atoms with Gasteiger partial charge < -0.3 is 10.2 Å². The van der Waals surface area contributed by atoms with Crippen molar-refractivity contribution in [3.63, 3.8) is 0 Å². The molecule has 2 N–H and O–H groups in total. The molecule has 0 aliphatic carbocycles. The molecule has 1 spiro atoms. The van der Waals surface area contributed by atoms with Crippen LogP contribution in [0.5, 0.6) is 0 Å². The Hall–Kier alpha value is -2.68. The van der Waals surface area contributed by atoms with E-state index in [0.29, 0.717) is 10.9 Å². The van der Waals surface area contributed by atoms with E-state index < -0.39 is 23.5 Å². The van der Waals surface area contributed by atoms with E-state index in [2.05, 4.69) is 15.5 Å². The minimum absolute atomic E-state index is 0.129. The number of carbonyl (C=O) groups is 2. The molecule has 0 unspecified atom stereocenters. The van der Waals surface area contributed by atoms with E-state index in [4.69, 9.17) is 0 Å². The molecular weight excluding hydrogens is 401 g/mol. The Bertz CT molecular complexity index is 1100. The predicted octanol–water partition coefficient (Wildman–Crippen LogP) is 1.43.